The van der Waals surface area contributed by atoms with Crippen molar-refractivity contribution in [3.05, 3.63) is 41.7 Å². The number of halogens is 1. The summed E-state index contributed by atoms with van der Waals surface area (Å²) in [6.45, 7) is 0.470. The molecular formula is C14H12ClN3OS. The van der Waals surface area contributed by atoms with E-state index in [2.05, 4.69) is 27.4 Å². The van der Waals surface area contributed by atoms with Gasteiger partial charge in [0, 0.05) is 11.4 Å². The summed E-state index contributed by atoms with van der Waals surface area (Å²) >= 11 is 7.51. The van der Waals surface area contributed by atoms with Crippen LogP contribution in [0.5, 0.6) is 0 Å². The zero-order valence-electron chi connectivity index (χ0n) is 10.5. The van der Waals surface area contributed by atoms with Gasteiger partial charge >= 0.3 is 0 Å². The van der Waals surface area contributed by atoms with Gasteiger partial charge in [0.15, 0.2) is 0 Å². The summed E-state index contributed by atoms with van der Waals surface area (Å²) in [6.07, 6.45) is 0. The van der Waals surface area contributed by atoms with Crippen LogP contribution in [0.4, 0.5) is 5.82 Å². The second kappa shape index (κ2) is 5.75. The third kappa shape index (κ3) is 2.60. The number of anilines is 1. The minimum atomic E-state index is 0.0405. The number of aliphatic hydroxyl groups is 1. The fraction of sp³-hybridized carbons (Fsp3) is 0.143. The Hall–Kier alpha value is -1.69. The molecule has 3 rings (SSSR count). The summed E-state index contributed by atoms with van der Waals surface area (Å²) in [7, 11) is 0. The molecule has 20 heavy (non-hydrogen) atoms. The number of hydrogen-bond acceptors (Lipinski definition) is 5. The zero-order chi connectivity index (χ0) is 13.9. The van der Waals surface area contributed by atoms with Crippen LogP contribution < -0.4 is 5.32 Å². The van der Waals surface area contributed by atoms with Crippen molar-refractivity contribution in [2.24, 2.45) is 0 Å². The molecule has 6 heteroatoms. The van der Waals surface area contributed by atoms with Gasteiger partial charge in [-0.05, 0) is 23.2 Å². The molecule has 0 spiro atoms. The van der Waals surface area contributed by atoms with Crippen molar-refractivity contribution < 1.29 is 5.11 Å². The molecule has 3 aromatic rings. The lowest BCUT2D eigenvalue weighted by Gasteiger charge is -2.04. The van der Waals surface area contributed by atoms with Gasteiger partial charge in [-0.3, -0.25) is 0 Å². The molecule has 0 atom stereocenters. The molecule has 0 unspecified atom stereocenters. The molecule has 0 aliphatic rings. The SMILES string of the molecule is OCCNc1nc(Cl)nc2sc(-c3ccccc3)cc12. The van der Waals surface area contributed by atoms with Crippen LogP contribution in [0.1, 0.15) is 0 Å². The lowest BCUT2D eigenvalue weighted by molar-refractivity contribution is 0.311. The Balaban J connectivity index is 2.10. The van der Waals surface area contributed by atoms with Crippen LogP contribution in [0.2, 0.25) is 5.28 Å². The minimum Gasteiger partial charge on any atom is -0.395 e. The van der Waals surface area contributed by atoms with Gasteiger partial charge in [0.1, 0.15) is 10.6 Å². The van der Waals surface area contributed by atoms with E-state index in [1.165, 1.54) is 0 Å². The summed E-state index contributed by atoms with van der Waals surface area (Å²) in [4.78, 5) is 10.4. The first-order valence-electron chi connectivity index (χ1n) is 6.15. The Labute approximate surface area is 125 Å². The van der Waals surface area contributed by atoms with Gasteiger partial charge in [0.05, 0.1) is 12.0 Å². The molecule has 0 radical (unpaired) electrons. The quantitative estimate of drug-likeness (QED) is 0.725. The first kappa shape index (κ1) is 13.3. The fourth-order valence-electron chi connectivity index (χ4n) is 1.95. The van der Waals surface area contributed by atoms with Crippen LogP contribution in [-0.2, 0) is 0 Å². The number of nitrogens with zero attached hydrogens (tertiary/aromatic N) is 2. The molecule has 2 N–H and O–H groups in total. The van der Waals surface area contributed by atoms with E-state index in [0.29, 0.717) is 12.4 Å². The Morgan fingerprint density at radius 3 is 2.75 bits per heavy atom. The minimum absolute atomic E-state index is 0.0405. The zero-order valence-corrected chi connectivity index (χ0v) is 12.1. The van der Waals surface area contributed by atoms with Crippen molar-refractivity contribution in [1.29, 1.82) is 0 Å². The Morgan fingerprint density at radius 2 is 2.00 bits per heavy atom. The van der Waals surface area contributed by atoms with Crippen molar-refractivity contribution in [2.75, 3.05) is 18.5 Å². The van der Waals surface area contributed by atoms with Crippen molar-refractivity contribution in [3.8, 4) is 10.4 Å². The molecule has 0 aliphatic carbocycles. The van der Waals surface area contributed by atoms with Gasteiger partial charge < -0.3 is 10.4 Å². The van der Waals surface area contributed by atoms with Crippen LogP contribution in [0.3, 0.4) is 0 Å². The van der Waals surface area contributed by atoms with Gasteiger partial charge in [-0.2, -0.15) is 0 Å². The summed E-state index contributed by atoms with van der Waals surface area (Å²) in [5.41, 5.74) is 1.14. The van der Waals surface area contributed by atoms with E-state index in [-0.39, 0.29) is 11.9 Å². The van der Waals surface area contributed by atoms with Crippen LogP contribution in [0.25, 0.3) is 20.7 Å². The molecule has 0 amide bonds. The highest BCUT2D eigenvalue weighted by atomic mass is 35.5. The number of thiophene rings is 1. The number of benzene rings is 1. The molecule has 4 nitrogen and oxygen atoms in total. The Morgan fingerprint density at radius 1 is 1.20 bits per heavy atom. The number of aromatic nitrogens is 2. The maximum Gasteiger partial charge on any atom is 0.225 e. The molecule has 0 aliphatic heterocycles. The Bertz CT molecular complexity index is 730. The molecule has 2 aromatic heterocycles. The predicted molar refractivity (Wildman–Crippen MR) is 83.4 cm³/mol. The summed E-state index contributed by atoms with van der Waals surface area (Å²) in [5, 5.41) is 13.1. The van der Waals surface area contributed by atoms with E-state index in [1.54, 1.807) is 11.3 Å². The van der Waals surface area contributed by atoms with E-state index in [9.17, 15) is 0 Å². The van der Waals surface area contributed by atoms with Crippen LogP contribution in [-0.4, -0.2) is 28.2 Å². The van der Waals surface area contributed by atoms with E-state index in [0.717, 1.165) is 20.7 Å². The number of rotatable bonds is 4. The van der Waals surface area contributed by atoms with Crippen molar-refractivity contribution in [1.82, 2.24) is 9.97 Å². The Kier molecular flexibility index (Phi) is 3.82. The van der Waals surface area contributed by atoms with E-state index >= 15 is 0 Å². The highest BCUT2D eigenvalue weighted by molar-refractivity contribution is 7.22. The standard InChI is InChI=1S/C14H12ClN3OS/c15-14-17-12(16-6-7-19)10-8-11(20-13(10)18-14)9-4-2-1-3-5-9/h1-5,8,19H,6-7H2,(H,16,17,18). The average Bonchev–Trinajstić information content (AvgIpc) is 2.89. The van der Waals surface area contributed by atoms with Crippen LogP contribution >= 0.6 is 22.9 Å². The van der Waals surface area contributed by atoms with Crippen molar-refractivity contribution in [2.45, 2.75) is 0 Å². The molecule has 2 heterocycles. The average molecular weight is 306 g/mol. The van der Waals surface area contributed by atoms with Crippen LogP contribution in [0, 0.1) is 0 Å². The monoisotopic (exact) mass is 305 g/mol. The first-order valence-corrected chi connectivity index (χ1v) is 7.34. The van der Waals surface area contributed by atoms with Gasteiger partial charge in [-0.1, -0.05) is 30.3 Å². The number of hydrogen-bond donors (Lipinski definition) is 2. The highest BCUT2D eigenvalue weighted by Gasteiger charge is 2.11. The summed E-state index contributed by atoms with van der Waals surface area (Å²) < 4.78 is 0. The number of fused-ring (bicyclic) bond motifs is 1. The summed E-state index contributed by atoms with van der Waals surface area (Å²) in [6, 6.07) is 12.2. The second-order valence-electron chi connectivity index (χ2n) is 4.19. The normalized spacial score (nSPS) is 10.9. The maximum absolute atomic E-state index is 8.92. The molecule has 102 valence electrons. The topological polar surface area (TPSA) is 58.0 Å². The van der Waals surface area contributed by atoms with Gasteiger partial charge in [0.25, 0.3) is 0 Å². The van der Waals surface area contributed by atoms with Crippen molar-refractivity contribution in [3.63, 3.8) is 0 Å². The van der Waals surface area contributed by atoms with Gasteiger partial charge in [-0.15, -0.1) is 11.3 Å². The number of nitrogens with one attached hydrogen (secondary N) is 1. The first-order chi connectivity index (χ1) is 9.78. The molecule has 0 fully saturated rings. The largest absolute Gasteiger partial charge is 0.395 e. The number of aliphatic hydroxyl groups excluding tert-OH is 1. The lowest BCUT2D eigenvalue weighted by atomic mass is 10.2. The smallest absolute Gasteiger partial charge is 0.225 e. The molecular weight excluding hydrogens is 294 g/mol. The van der Waals surface area contributed by atoms with Gasteiger partial charge in [-0.25, -0.2) is 9.97 Å². The molecule has 0 bridgehead atoms. The van der Waals surface area contributed by atoms with Gasteiger partial charge in [0.2, 0.25) is 5.28 Å². The summed E-state index contributed by atoms with van der Waals surface area (Å²) in [5.74, 6) is 0.660. The fourth-order valence-corrected chi connectivity index (χ4v) is 3.20. The lowest BCUT2D eigenvalue weighted by Crippen LogP contribution is -2.07. The molecule has 1 aromatic carbocycles. The third-order valence-electron chi connectivity index (χ3n) is 2.83. The van der Waals surface area contributed by atoms with E-state index in [4.69, 9.17) is 16.7 Å². The van der Waals surface area contributed by atoms with Crippen LogP contribution in [0.15, 0.2) is 36.4 Å². The van der Waals surface area contributed by atoms with E-state index < -0.39 is 0 Å². The second-order valence-corrected chi connectivity index (χ2v) is 5.56. The maximum atomic E-state index is 8.92. The van der Waals surface area contributed by atoms with E-state index in [1.807, 2.05) is 24.3 Å². The molecule has 0 saturated carbocycles. The van der Waals surface area contributed by atoms with Crippen molar-refractivity contribution >= 4 is 39.0 Å². The predicted octanol–water partition coefficient (Wildman–Crippen LogP) is 3.42. The highest BCUT2D eigenvalue weighted by Crippen LogP contribution is 2.35. The molecule has 0 saturated heterocycles. The third-order valence-corrected chi connectivity index (χ3v) is 4.08.